The van der Waals surface area contributed by atoms with Gasteiger partial charge in [-0.3, -0.25) is 4.79 Å². The number of amides is 1. The lowest BCUT2D eigenvalue weighted by molar-refractivity contribution is -0.133. The van der Waals surface area contributed by atoms with Crippen molar-refractivity contribution in [1.29, 1.82) is 0 Å². The maximum atomic E-state index is 13.0. The number of likely N-dealkylation sites (tertiary alicyclic amines) is 1. The van der Waals surface area contributed by atoms with Gasteiger partial charge in [-0.1, -0.05) is 12.8 Å². The number of aromatic nitrogens is 2. The normalized spacial score (nSPS) is 18.7. The topological polar surface area (TPSA) is 62.1 Å². The van der Waals surface area contributed by atoms with Gasteiger partial charge in [0.05, 0.1) is 18.7 Å². The first kappa shape index (κ1) is 15.0. The molecule has 3 aromatic rings. The Morgan fingerprint density at radius 3 is 3.12 bits per heavy atom. The maximum Gasteiger partial charge on any atom is 0.227 e. The molecule has 0 saturated carbocycles. The van der Waals surface area contributed by atoms with Gasteiger partial charge in [-0.25, -0.2) is 4.98 Å². The minimum absolute atomic E-state index is 0.0540. The van der Waals surface area contributed by atoms with Crippen LogP contribution in [0.2, 0.25) is 0 Å². The monoisotopic (exact) mass is 323 g/mol. The van der Waals surface area contributed by atoms with Gasteiger partial charge < -0.3 is 14.3 Å². The van der Waals surface area contributed by atoms with Gasteiger partial charge in [0.15, 0.2) is 0 Å². The summed E-state index contributed by atoms with van der Waals surface area (Å²) < 4.78 is 5.60. The average Bonchev–Trinajstić information content (AvgIpc) is 3.20. The molecule has 1 amide bonds. The van der Waals surface area contributed by atoms with Gasteiger partial charge >= 0.3 is 0 Å². The highest BCUT2D eigenvalue weighted by atomic mass is 16.3. The predicted molar refractivity (Wildman–Crippen MR) is 91.4 cm³/mol. The molecule has 1 fully saturated rings. The molecule has 1 N–H and O–H groups in total. The Morgan fingerprint density at radius 2 is 2.25 bits per heavy atom. The Bertz CT molecular complexity index is 822. The van der Waals surface area contributed by atoms with Gasteiger partial charge in [-0.05, 0) is 42.7 Å². The number of hydrogen-bond donors (Lipinski definition) is 1. The summed E-state index contributed by atoms with van der Waals surface area (Å²) in [6, 6.07) is 7.84. The zero-order valence-corrected chi connectivity index (χ0v) is 13.6. The Morgan fingerprint density at radius 1 is 1.29 bits per heavy atom. The summed E-state index contributed by atoms with van der Waals surface area (Å²) in [5.74, 6) is 1.05. The Kier molecular flexibility index (Phi) is 4.07. The van der Waals surface area contributed by atoms with Crippen LogP contribution in [0.1, 0.15) is 43.0 Å². The van der Waals surface area contributed by atoms with Gasteiger partial charge in [0.1, 0.15) is 11.4 Å². The number of H-pyrrole nitrogens is 1. The van der Waals surface area contributed by atoms with Crippen LogP contribution in [0.15, 0.2) is 47.3 Å². The Hall–Kier alpha value is -2.56. The second-order valence-corrected chi connectivity index (χ2v) is 6.36. The van der Waals surface area contributed by atoms with Crippen molar-refractivity contribution in [3.63, 3.8) is 0 Å². The van der Waals surface area contributed by atoms with Crippen LogP contribution in [0.4, 0.5) is 0 Å². The third kappa shape index (κ3) is 2.82. The van der Waals surface area contributed by atoms with E-state index in [-0.39, 0.29) is 11.9 Å². The van der Waals surface area contributed by atoms with Gasteiger partial charge in [0, 0.05) is 24.3 Å². The van der Waals surface area contributed by atoms with E-state index in [1.807, 2.05) is 35.4 Å². The Balaban J connectivity index is 1.59. The first-order valence-corrected chi connectivity index (χ1v) is 8.57. The quantitative estimate of drug-likeness (QED) is 0.796. The van der Waals surface area contributed by atoms with E-state index in [1.54, 1.807) is 12.5 Å². The molecular weight excluding hydrogens is 302 g/mol. The molecule has 1 atom stereocenters. The van der Waals surface area contributed by atoms with Gasteiger partial charge in [-0.2, -0.15) is 0 Å². The molecule has 0 bridgehead atoms. The molecule has 5 nitrogen and oxygen atoms in total. The van der Waals surface area contributed by atoms with Crippen molar-refractivity contribution >= 4 is 16.9 Å². The number of rotatable bonds is 3. The SMILES string of the molecule is O=C(Cc1c[nH]c2ncccc12)N1CCCCC[C@@H]1c1ccco1. The van der Waals surface area contributed by atoms with E-state index in [0.29, 0.717) is 6.42 Å². The first-order chi connectivity index (χ1) is 11.8. The number of aromatic amines is 1. The van der Waals surface area contributed by atoms with E-state index in [1.165, 1.54) is 0 Å². The fourth-order valence-electron chi connectivity index (χ4n) is 3.61. The zero-order chi connectivity index (χ0) is 16.4. The number of nitrogens with one attached hydrogen (secondary N) is 1. The van der Waals surface area contributed by atoms with Crippen molar-refractivity contribution in [2.45, 2.75) is 38.1 Å². The summed E-state index contributed by atoms with van der Waals surface area (Å²) in [6.45, 7) is 0.796. The largest absolute Gasteiger partial charge is 0.467 e. The molecule has 0 aromatic carbocycles. The van der Waals surface area contributed by atoms with E-state index in [9.17, 15) is 4.79 Å². The number of hydrogen-bond acceptors (Lipinski definition) is 3. The molecule has 124 valence electrons. The average molecular weight is 323 g/mol. The second kappa shape index (κ2) is 6.51. The molecule has 0 radical (unpaired) electrons. The minimum atomic E-state index is 0.0540. The molecule has 1 aliphatic heterocycles. The first-order valence-electron chi connectivity index (χ1n) is 8.57. The van der Waals surface area contributed by atoms with Crippen LogP contribution in [-0.4, -0.2) is 27.3 Å². The summed E-state index contributed by atoms with van der Waals surface area (Å²) >= 11 is 0. The molecule has 0 unspecified atom stereocenters. The molecule has 1 saturated heterocycles. The predicted octanol–water partition coefficient (Wildman–Crippen LogP) is 3.84. The number of carbonyl (C=O) groups excluding carboxylic acids is 1. The Labute approximate surface area is 140 Å². The van der Waals surface area contributed by atoms with E-state index >= 15 is 0 Å². The van der Waals surface area contributed by atoms with Crippen LogP contribution in [0.25, 0.3) is 11.0 Å². The van der Waals surface area contributed by atoms with Gasteiger partial charge in [0.2, 0.25) is 5.91 Å². The number of fused-ring (bicyclic) bond motifs is 1. The van der Waals surface area contributed by atoms with Crippen molar-refractivity contribution in [3.8, 4) is 0 Å². The molecule has 0 spiro atoms. The molecule has 24 heavy (non-hydrogen) atoms. The fourth-order valence-corrected chi connectivity index (χ4v) is 3.61. The molecule has 1 aliphatic rings. The molecule has 4 rings (SSSR count). The van der Waals surface area contributed by atoms with Crippen molar-refractivity contribution in [1.82, 2.24) is 14.9 Å². The maximum absolute atomic E-state index is 13.0. The lowest BCUT2D eigenvalue weighted by Gasteiger charge is -2.28. The van der Waals surface area contributed by atoms with Crippen LogP contribution in [0, 0.1) is 0 Å². The number of nitrogens with zero attached hydrogens (tertiary/aromatic N) is 2. The summed E-state index contributed by atoms with van der Waals surface area (Å²) in [5, 5.41) is 1.02. The van der Waals surface area contributed by atoms with Gasteiger partial charge in [-0.15, -0.1) is 0 Å². The standard InChI is InChI=1S/C19H21N3O2/c23-18(12-14-13-21-19-15(14)6-4-9-20-19)22-10-3-1-2-7-16(22)17-8-5-11-24-17/h4-6,8-9,11,13,16H,1-3,7,10,12H2,(H,20,21)/t16-/m1/s1. The van der Waals surface area contributed by atoms with E-state index in [0.717, 1.165) is 54.6 Å². The summed E-state index contributed by atoms with van der Waals surface area (Å²) in [5.41, 5.74) is 1.84. The molecule has 5 heteroatoms. The second-order valence-electron chi connectivity index (χ2n) is 6.36. The van der Waals surface area contributed by atoms with Crippen molar-refractivity contribution in [2.24, 2.45) is 0 Å². The van der Waals surface area contributed by atoms with Crippen LogP contribution in [0.5, 0.6) is 0 Å². The summed E-state index contributed by atoms with van der Waals surface area (Å²) in [6.07, 6.45) is 10.1. The zero-order valence-electron chi connectivity index (χ0n) is 13.6. The highest BCUT2D eigenvalue weighted by Crippen LogP contribution is 2.31. The van der Waals surface area contributed by atoms with E-state index < -0.39 is 0 Å². The highest BCUT2D eigenvalue weighted by Gasteiger charge is 2.28. The van der Waals surface area contributed by atoms with Crippen LogP contribution < -0.4 is 0 Å². The third-order valence-electron chi connectivity index (χ3n) is 4.82. The number of pyridine rings is 1. The van der Waals surface area contributed by atoms with Gasteiger partial charge in [0.25, 0.3) is 0 Å². The van der Waals surface area contributed by atoms with E-state index in [4.69, 9.17) is 4.42 Å². The third-order valence-corrected chi connectivity index (χ3v) is 4.82. The van der Waals surface area contributed by atoms with Crippen molar-refractivity contribution < 1.29 is 9.21 Å². The lowest BCUT2D eigenvalue weighted by atomic mass is 10.1. The van der Waals surface area contributed by atoms with Crippen molar-refractivity contribution in [2.75, 3.05) is 6.54 Å². The molecular formula is C19H21N3O2. The van der Waals surface area contributed by atoms with Crippen molar-refractivity contribution in [3.05, 3.63) is 54.2 Å². The van der Waals surface area contributed by atoms with Crippen LogP contribution in [0.3, 0.4) is 0 Å². The molecule has 3 aromatic heterocycles. The highest BCUT2D eigenvalue weighted by molar-refractivity contribution is 5.87. The van der Waals surface area contributed by atoms with Crippen LogP contribution in [-0.2, 0) is 11.2 Å². The smallest absolute Gasteiger partial charge is 0.227 e. The summed E-state index contributed by atoms with van der Waals surface area (Å²) in [7, 11) is 0. The fraction of sp³-hybridized carbons (Fsp3) is 0.368. The van der Waals surface area contributed by atoms with Crippen LogP contribution >= 0.6 is 0 Å². The molecule has 0 aliphatic carbocycles. The number of furan rings is 1. The number of carbonyl (C=O) groups is 1. The van der Waals surface area contributed by atoms with E-state index in [2.05, 4.69) is 9.97 Å². The lowest BCUT2D eigenvalue weighted by Crippen LogP contribution is -2.35. The summed E-state index contributed by atoms with van der Waals surface area (Å²) in [4.78, 5) is 22.5. The minimum Gasteiger partial charge on any atom is -0.467 e. The molecule has 4 heterocycles.